The van der Waals surface area contributed by atoms with Gasteiger partial charge in [0.2, 0.25) is 0 Å². The van der Waals surface area contributed by atoms with E-state index < -0.39 is 5.82 Å². The first kappa shape index (κ1) is 19.0. The number of anilines is 1. The van der Waals surface area contributed by atoms with Crippen molar-refractivity contribution in [2.24, 2.45) is 5.92 Å². The van der Waals surface area contributed by atoms with Crippen molar-refractivity contribution in [2.45, 2.75) is 19.4 Å². The molecule has 30 heavy (non-hydrogen) atoms. The number of amides is 1. The van der Waals surface area contributed by atoms with Crippen LogP contribution in [0, 0.1) is 23.1 Å². The second-order valence-electron chi connectivity index (χ2n) is 7.69. The van der Waals surface area contributed by atoms with Crippen molar-refractivity contribution in [3.8, 4) is 6.07 Å². The highest BCUT2D eigenvalue weighted by molar-refractivity contribution is 7.15. The van der Waals surface area contributed by atoms with Gasteiger partial charge in [0, 0.05) is 42.3 Å². The van der Waals surface area contributed by atoms with E-state index in [1.54, 1.807) is 22.3 Å². The number of thiazole rings is 1. The maximum absolute atomic E-state index is 13.7. The van der Waals surface area contributed by atoms with Crippen LogP contribution in [0.2, 0.25) is 0 Å². The quantitative estimate of drug-likeness (QED) is 0.669. The van der Waals surface area contributed by atoms with E-state index in [9.17, 15) is 14.4 Å². The minimum absolute atomic E-state index is 0.160. The van der Waals surface area contributed by atoms with Crippen molar-refractivity contribution in [3.63, 3.8) is 0 Å². The smallest absolute Gasteiger partial charge is 0.270 e. The van der Waals surface area contributed by atoms with Crippen LogP contribution in [0.5, 0.6) is 0 Å². The summed E-state index contributed by atoms with van der Waals surface area (Å²) in [4.78, 5) is 23.6. The lowest BCUT2D eigenvalue weighted by Crippen LogP contribution is -2.35. The number of fused-ring (bicyclic) bond motifs is 2. The van der Waals surface area contributed by atoms with E-state index in [1.807, 2.05) is 6.07 Å². The van der Waals surface area contributed by atoms with Crippen molar-refractivity contribution in [1.29, 1.82) is 5.26 Å². The van der Waals surface area contributed by atoms with Crippen molar-refractivity contribution in [2.75, 3.05) is 31.6 Å². The molecule has 0 radical (unpaired) electrons. The maximum Gasteiger partial charge on any atom is 0.270 e. The summed E-state index contributed by atoms with van der Waals surface area (Å²) >= 11 is 1.59. The molecule has 2 aliphatic rings. The molecule has 1 aromatic carbocycles. The van der Waals surface area contributed by atoms with Gasteiger partial charge in [-0.1, -0.05) is 11.3 Å². The number of benzene rings is 1. The maximum atomic E-state index is 13.7. The molecule has 0 saturated carbocycles. The number of rotatable bonds is 4. The van der Waals surface area contributed by atoms with Crippen molar-refractivity contribution < 1.29 is 13.9 Å². The summed E-state index contributed by atoms with van der Waals surface area (Å²) in [7, 11) is 0. The summed E-state index contributed by atoms with van der Waals surface area (Å²) in [6.45, 7) is 3.54. The lowest BCUT2D eigenvalue weighted by molar-refractivity contribution is 0.0731. The van der Waals surface area contributed by atoms with Gasteiger partial charge in [-0.25, -0.2) is 9.37 Å². The topological polar surface area (TPSA) is 94.0 Å². The molecule has 1 fully saturated rings. The van der Waals surface area contributed by atoms with Crippen molar-refractivity contribution >= 4 is 33.3 Å². The minimum Gasteiger partial charge on any atom is -0.381 e. The Morgan fingerprint density at radius 2 is 2.37 bits per heavy atom. The number of aromatic nitrogens is 2. The van der Waals surface area contributed by atoms with Gasteiger partial charge in [-0.15, -0.1) is 0 Å². The standard InChI is InChI=1S/C21H20FN5O2S/c22-14-5-13(8-23)15-7-18(25-17(15)6-14)20(28)27-3-1-16-19(10-27)30-21(26-16)24-9-12-2-4-29-11-12/h5-7,12,25H,1-4,9-11H2,(H,24,26). The number of nitriles is 1. The largest absolute Gasteiger partial charge is 0.381 e. The average molecular weight is 425 g/mol. The van der Waals surface area contributed by atoms with E-state index in [0.717, 1.165) is 41.9 Å². The fourth-order valence-electron chi connectivity index (χ4n) is 4.00. The number of ether oxygens (including phenoxy) is 1. The van der Waals surface area contributed by atoms with Crippen LogP contribution in [-0.2, 0) is 17.7 Å². The predicted octanol–water partition coefficient (Wildman–Crippen LogP) is 3.28. The Bertz CT molecular complexity index is 1160. The Balaban J connectivity index is 1.31. The number of aromatic amines is 1. The van der Waals surface area contributed by atoms with Crippen LogP contribution in [0.15, 0.2) is 18.2 Å². The summed E-state index contributed by atoms with van der Waals surface area (Å²) in [6.07, 6.45) is 1.77. The number of hydrogen-bond donors (Lipinski definition) is 2. The second kappa shape index (κ2) is 7.70. The number of nitrogens with one attached hydrogen (secondary N) is 2. The highest BCUT2D eigenvalue weighted by Crippen LogP contribution is 2.30. The molecule has 1 atom stereocenters. The van der Waals surface area contributed by atoms with E-state index >= 15 is 0 Å². The Kier molecular flexibility index (Phi) is 4.89. The van der Waals surface area contributed by atoms with Gasteiger partial charge >= 0.3 is 0 Å². The van der Waals surface area contributed by atoms with Gasteiger partial charge in [0.05, 0.1) is 36.0 Å². The predicted molar refractivity (Wildman–Crippen MR) is 111 cm³/mol. The van der Waals surface area contributed by atoms with Crippen LogP contribution in [0.25, 0.3) is 10.9 Å². The Morgan fingerprint density at radius 1 is 1.47 bits per heavy atom. The molecule has 4 heterocycles. The molecule has 2 N–H and O–H groups in total. The van der Waals surface area contributed by atoms with Crippen LogP contribution in [-0.4, -0.2) is 47.1 Å². The lowest BCUT2D eigenvalue weighted by atomic mass is 10.1. The molecular formula is C21H20FN5O2S. The molecule has 5 rings (SSSR count). The Morgan fingerprint density at radius 3 is 3.17 bits per heavy atom. The molecular weight excluding hydrogens is 405 g/mol. The van der Waals surface area contributed by atoms with Gasteiger partial charge in [-0.3, -0.25) is 4.79 Å². The van der Waals surface area contributed by atoms with E-state index in [-0.39, 0.29) is 11.5 Å². The number of carbonyl (C=O) groups is 1. The summed E-state index contributed by atoms with van der Waals surface area (Å²) in [5.41, 5.74) is 2.07. The molecule has 2 aliphatic heterocycles. The van der Waals surface area contributed by atoms with Crippen LogP contribution in [0.4, 0.5) is 9.52 Å². The Hall–Kier alpha value is -2.96. The summed E-state index contributed by atoms with van der Waals surface area (Å²) in [5, 5.41) is 14.1. The number of halogens is 1. The number of carbonyl (C=O) groups excluding carboxylic acids is 1. The van der Waals surface area contributed by atoms with Crippen molar-refractivity contribution in [3.05, 3.63) is 45.8 Å². The van der Waals surface area contributed by atoms with Crippen LogP contribution < -0.4 is 5.32 Å². The SMILES string of the molecule is N#Cc1cc(F)cc2[nH]c(C(=O)N3CCc4nc(NCC5CCOC5)sc4C3)cc12. The van der Waals surface area contributed by atoms with Gasteiger partial charge in [0.1, 0.15) is 11.5 Å². The highest BCUT2D eigenvalue weighted by Gasteiger charge is 2.26. The van der Waals surface area contributed by atoms with E-state index in [0.29, 0.717) is 42.0 Å². The molecule has 3 aromatic rings. The molecule has 1 saturated heterocycles. The van der Waals surface area contributed by atoms with Gasteiger partial charge in [-0.05, 0) is 24.6 Å². The van der Waals surface area contributed by atoms with Gasteiger partial charge in [0.15, 0.2) is 5.13 Å². The summed E-state index contributed by atoms with van der Waals surface area (Å²) < 4.78 is 19.1. The molecule has 1 amide bonds. The lowest BCUT2D eigenvalue weighted by Gasteiger charge is -2.25. The first-order chi connectivity index (χ1) is 14.6. The third-order valence-electron chi connectivity index (χ3n) is 5.64. The first-order valence-corrected chi connectivity index (χ1v) is 10.7. The third-order valence-corrected chi connectivity index (χ3v) is 6.68. The molecule has 1 unspecified atom stereocenters. The first-order valence-electron chi connectivity index (χ1n) is 9.92. The average Bonchev–Trinajstić information content (AvgIpc) is 3.49. The molecule has 7 nitrogen and oxygen atoms in total. The second-order valence-corrected chi connectivity index (χ2v) is 8.77. The van der Waals surface area contributed by atoms with Gasteiger partial charge < -0.3 is 19.9 Å². The van der Waals surface area contributed by atoms with Crippen molar-refractivity contribution in [1.82, 2.24) is 14.9 Å². The normalized spacial score (nSPS) is 18.4. The molecule has 2 aromatic heterocycles. The fourth-order valence-corrected chi connectivity index (χ4v) is 5.03. The number of hydrogen-bond acceptors (Lipinski definition) is 6. The molecule has 0 spiro atoms. The summed E-state index contributed by atoms with van der Waals surface area (Å²) in [5.74, 6) is -0.141. The van der Waals surface area contributed by atoms with E-state index in [1.165, 1.54) is 12.1 Å². The zero-order valence-electron chi connectivity index (χ0n) is 16.2. The molecule has 9 heteroatoms. The monoisotopic (exact) mass is 425 g/mol. The van der Waals surface area contributed by atoms with Crippen LogP contribution >= 0.6 is 11.3 Å². The molecule has 154 valence electrons. The fraction of sp³-hybridized carbons (Fsp3) is 0.381. The summed E-state index contributed by atoms with van der Waals surface area (Å²) in [6, 6.07) is 6.10. The third kappa shape index (κ3) is 3.53. The molecule has 0 aliphatic carbocycles. The number of nitrogens with zero attached hydrogens (tertiary/aromatic N) is 3. The number of H-pyrrole nitrogens is 1. The highest BCUT2D eigenvalue weighted by atomic mass is 32.1. The zero-order valence-corrected chi connectivity index (χ0v) is 17.0. The van der Waals surface area contributed by atoms with E-state index in [2.05, 4.69) is 15.3 Å². The van der Waals surface area contributed by atoms with Crippen LogP contribution in [0.3, 0.4) is 0 Å². The van der Waals surface area contributed by atoms with Gasteiger partial charge in [-0.2, -0.15) is 5.26 Å². The zero-order chi connectivity index (χ0) is 20.7. The van der Waals surface area contributed by atoms with Crippen LogP contribution in [0.1, 0.15) is 33.0 Å². The van der Waals surface area contributed by atoms with E-state index in [4.69, 9.17) is 4.74 Å². The van der Waals surface area contributed by atoms with Gasteiger partial charge in [0.25, 0.3) is 5.91 Å². The Labute approximate surface area is 176 Å². The molecule has 0 bridgehead atoms. The minimum atomic E-state index is -0.503.